The van der Waals surface area contributed by atoms with E-state index in [4.69, 9.17) is 10.3 Å². The number of hydrogen-bond donors (Lipinski definition) is 2. The number of nitrogens with one attached hydrogen (secondary N) is 1. The maximum atomic E-state index is 5.22. The van der Waals surface area contributed by atoms with Crippen LogP contribution >= 0.6 is 0 Å². The number of nitrogens with two attached hydrogens (primary N) is 1. The highest BCUT2D eigenvalue weighted by Crippen LogP contribution is 2.07. The number of aromatic nitrogens is 2. The highest BCUT2D eigenvalue weighted by Gasteiger charge is 2.04. The second-order valence-electron chi connectivity index (χ2n) is 3.84. The smallest absolute Gasteiger partial charge is 0.158 e. The van der Waals surface area contributed by atoms with Crippen LogP contribution in [0.5, 0.6) is 0 Å². The number of nitrogens with zero attached hydrogens (tertiary/aromatic N) is 3. The first-order valence-corrected chi connectivity index (χ1v) is 5.25. The standard InChI is InChI=1S/C11H15N5O/c1-16(6-9-2-3-17-8-9)7-10-4-14-11(15-12)5-13-10/h2-5,8H,6-7,12H2,1H3,(H,14,15). The van der Waals surface area contributed by atoms with Crippen LogP contribution in [0.3, 0.4) is 0 Å². The summed E-state index contributed by atoms with van der Waals surface area (Å²) in [6.45, 7) is 1.54. The van der Waals surface area contributed by atoms with Gasteiger partial charge in [0.2, 0.25) is 0 Å². The number of nitrogen functional groups attached to an aromatic ring is 1. The largest absolute Gasteiger partial charge is 0.472 e. The Morgan fingerprint density at radius 2 is 2.24 bits per heavy atom. The third-order valence-electron chi connectivity index (χ3n) is 2.32. The second-order valence-corrected chi connectivity index (χ2v) is 3.84. The van der Waals surface area contributed by atoms with Crippen LogP contribution in [0, 0.1) is 0 Å². The molecule has 0 spiro atoms. The van der Waals surface area contributed by atoms with Gasteiger partial charge in [-0.15, -0.1) is 0 Å². The molecular weight excluding hydrogens is 218 g/mol. The number of furan rings is 1. The van der Waals surface area contributed by atoms with E-state index in [1.807, 2.05) is 13.1 Å². The molecule has 0 amide bonds. The number of anilines is 1. The molecule has 17 heavy (non-hydrogen) atoms. The fraction of sp³-hybridized carbons (Fsp3) is 0.273. The molecule has 0 unspecified atom stereocenters. The van der Waals surface area contributed by atoms with Gasteiger partial charge in [0, 0.05) is 18.7 Å². The van der Waals surface area contributed by atoms with E-state index in [0.29, 0.717) is 5.82 Å². The molecule has 0 aliphatic heterocycles. The zero-order chi connectivity index (χ0) is 12.1. The topological polar surface area (TPSA) is 80.2 Å². The number of hydrogen-bond acceptors (Lipinski definition) is 6. The molecule has 0 aliphatic carbocycles. The maximum Gasteiger partial charge on any atom is 0.158 e. The first-order chi connectivity index (χ1) is 8.28. The van der Waals surface area contributed by atoms with E-state index in [1.165, 1.54) is 0 Å². The average Bonchev–Trinajstić information content (AvgIpc) is 2.82. The summed E-state index contributed by atoms with van der Waals surface area (Å²) in [5.74, 6) is 5.78. The minimum Gasteiger partial charge on any atom is -0.472 e. The molecular formula is C11H15N5O. The van der Waals surface area contributed by atoms with Crippen LogP contribution in [-0.4, -0.2) is 21.9 Å². The molecule has 0 atom stereocenters. The van der Waals surface area contributed by atoms with Crippen molar-refractivity contribution in [3.8, 4) is 0 Å². The lowest BCUT2D eigenvalue weighted by Gasteiger charge is -2.14. The van der Waals surface area contributed by atoms with Gasteiger partial charge in [-0.2, -0.15) is 0 Å². The summed E-state index contributed by atoms with van der Waals surface area (Å²) in [5, 5.41) is 0. The van der Waals surface area contributed by atoms with E-state index in [9.17, 15) is 0 Å². The summed E-state index contributed by atoms with van der Waals surface area (Å²) in [5.41, 5.74) is 4.48. The molecule has 6 nitrogen and oxygen atoms in total. The van der Waals surface area contributed by atoms with Gasteiger partial charge in [0.25, 0.3) is 0 Å². The van der Waals surface area contributed by atoms with Crippen molar-refractivity contribution in [1.29, 1.82) is 0 Å². The Morgan fingerprint density at radius 1 is 1.35 bits per heavy atom. The maximum absolute atomic E-state index is 5.22. The third kappa shape index (κ3) is 3.27. The Morgan fingerprint density at radius 3 is 2.82 bits per heavy atom. The van der Waals surface area contributed by atoms with Crippen LogP contribution in [0.1, 0.15) is 11.3 Å². The Labute approximate surface area is 99.4 Å². The summed E-state index contributed by atoms with van der Waals surface area (Å²) in [4.78, 5) is 10.5. The first kappa shape index (κ1) is 11.6. The van der Waals surface area contributed by atoms with Crippen molar-refractivity contribution < 1.29 is 4.42 Å². The molecule has 2 rings (SSSR count). The lowest BCUT2D eigenvalue weighted by atomic mass is 10.3. The van der Waals surface area contributed by atoms with E-state index >= 15 is 0 Å². The summed E-state index contributed by atoms with van der Waals surface area (Å²) in [7, 11) is 2.02. The van der Waals surface area contributed by atoms with E-state index < -0.39 is 0 Å². The van der Waals surface area contributed by atoms with Gasteiger partial charge in [-0.05, 0) is 13.1 Å². The molecule has 0 bridgehead atoms. The van der Waals surface area contributed by atoms with E-state index in [1.54, 1.807) is 24.9 Å². The lowest BCUT2D eigenvalue weighted by Crippen LogP contribution is -2.18. The minimum atomic E-state index is 0.561. The molecule has 0 aliphatic rings. The van der Waals surface area contributed by atoms with E-state index in [0.717, 1.165) is 24.3 Å². The predicted octanol–water partition coefficient (Wildman–Crippen LogP) is 0.987. The molecule has 3 N–H and O–H groups in total. The van der Waals surface area contributed by atoms with Crippen molar-refractivity contribution in [2.75, 3.05) is 12.5 Å². The van der Waals surface area contributed by atoms with Gasteiger partial charge < -0.3 is 9.84 Å². The van der Waals surface area contributed by atoms with Gasteiger partial charge in [0.15, 0.2) is 5.82 Å². The van der Waals surface area contributed by atoms with Crippen LogP contribution in [0.15, 0.2) is 35.4 Å². The van der Waals surface area contributed by atoms with Crippen molar-refractivity contribution in [2.24, 2.45) is 5.84 Å². The second kappa shape index (κ2) is 5.42. The van der Waals surface area contributed by atoms with Gasteiger partial charge in [0.05, 0.1) is 30.6 Å². The Bertz CT molecular complexity index is 439. The Kier molecular flexibility index (Phi) is 3.69. The van der Waals surface area contributed by atoms with Crippen LogP contribution in [0.25, 0.3) is 0 Å². The van der Waals surface area contributed by atoms with Gasteiger partial charge in [0.1, 0.15) is 0 Å². The summed E-state index contributed by atoms with van der Waals surface area (Å²) >= 11 is 0. The molecule has 0 saturated heterocycles. The van der Waals surface area contributed by atoms with Crippen molar-refractivity contribution in [1.82, 2.24) is 14.9 Å². The minimum absolute atomic E-state index is 0.561. The Balaban J connectivity index is 1.91. The van der Waals surface area contributed by atoms with Crippen molar-refractivity contribution >= 4 is 5.82 Å². The zero-order valence-corrected chi connectivity index (χ0v) is 9.63. The zero-order valence-electron chi connectivity index (χ0n) is 9.63. The molecule has 0 fully saturated rings. The highest BCUT2D eigenvalue weighted by atomic mass is 16.3. The molecule has 0 saturated carbocycles. The number of rotatable bonds is 5. The molecule has 2 heterocycles. The third-order valence-corrected chi connectivity index (χ3v) is 2.32. The average molecular weight is 233 g/mol. The molecule has 2 aromatic heterocycles. The van der Waals surface area contributed by atoms with Crippen molar-refractivity contribution in [2.45, 2.75) is 13.1 Å². The summed E-state index contributed by atoms with van der Waals surface area (Å²) in [6, 6.07) is 1.95. The molecule has 6 heteroatoms. The summed E-state index contributed by atoms with van der Waals surface area (Å²) < 4.78 is 5.02. The van der Waals surface area contributed by atoms with Crippen LogP contribution in [0.2, 0.25) is 0 Å². The predicted molar refractivity (Wildman–Crippen MR) is 63.7 cm³/mol. The van der Waals surface area contributed by atoms with Gasteiger partial charge in [-0.3, -0.25) is 9.88 Å². The SMILES string of the molecule is CN(Cc1ccoc1)Cc1cnc(NN)cn1. The fourth-order valence-corrected chi connectivity index (χ4v) is 1.54. The quantitative estimate of drug-likeness (QED) is 0.592. The van der Waals surface area contributed by atoms with Crippen LogP contribution in [0.4, 0.5) is 5.82 Å². The normalized spacial score (nSPS) is 10.8. The van der Waals surface area contributed by atoms with Gasteiger partial charge in [-0.1, -0.05) is 0 Å². The van der Waals surface area contributed by atoms with E-state index in [-0.39, 0.29) is 0 Å². The lowest BCUT2D eigenvalue weighted by molar-refractivity contribution is 0.313. The van der Waals surface area contributed by atoms with Crippen LogP contribution in [-0.2, 0) is 13.1 Å². The fourth-order valence-electron chi connectivity index (χ4n) is 1.54. The van der Waals surface area contributed by atoms with E-state index in [2.05, 4.69) is 20.3 Å². The first-order valence-electron chi connectivity index (χ1n) is 5.25. The molecule has 90 valence electrons. The molecule has 0 aromatic carbocycles. The number of hydrazine groups is 1. The Hall–Kier alpha value is -1.92. The van der Waals surface area contributed by atoms with Crippen molar-refractivity contribution in [3.63, 3.8) is 0 Å². The van der Waals surface area contributed by atoms with Gasteiger partial charge in [-0.25, -0.2) is 10.8 Å². The van der Waals surface area contributed by atoms with Crippen LogP contribution < -0.4 is 11.3 Å². The molecule has 2 aromatic rings. The highest BCUT2D eigenvalue weighted by molar-refractivity contribution is 5.28. The molecule has 0 radical (unpaired) electrons. The van der Waals surface area contributed by atoms with Gasteiger partial charge >= 0.3 is 0 Å². The van der Waals surface area contributed by atoms with Crippen molar-refractivity contribution in [3.05, 3.63) is 42.2 Å². The summed E-state index contributed by atoms with van der Waals surface area (Å²) in [6.07, 6.45) is 6.73. The monoisotopic (exact) mass is 233 g/mol.